The van der Waals surface area contributed by atoms with Gasteiger partial charge in [-0.25, -0.2) is 4.79 Å². The third-order valence-corrected chi connectivity index (χ3v) is 3.60. The highest BCUT2D eigenvalue weighted by Gasteiger charge is 2.08. The summed E-state index contributed by atoms with van der Waals surface area (Å²) >= 11 is 0. The molecule has 2 N–H and O–H groups in total. The molecule has 112 valence electrons. The van der Waals surface area contributed by atoms with Gasteiger partial charge in [0.25, 0.3) is 0 Å². The number of hydrogen-bond acceptors (Lipinski definition) is 4. The van der Waals surface area contributed by atoms with Gasteiger partial charge < -0.3 is 14.6 Å². The van der Waals surface area contributed by atoms with Gasteiger partial charge in [-0.1, -0.05) is 24.3 Å². The van der Waals surface area contributed by atoms with E-state index in [1.165, 1.54) is 12.1 Å². The number of aryl methyl sites for hydroxylation is 1. The molecule has 4 nitrogen and oxygen atoms in total. The molecule has 0 unspecified atom stereocenters. The lowest BCUT2D eigenvalue weighted by atomic mass is 10.0. The molecule has 0 aliphatic heterocycles. The molecule has 0 atom stereocenters. The van der Waals surface area contributed by atoms with Crippen LogP contribution in [0.3, 0.4) is 0 Å². The lowest BCUT2D eigenvalue weighted by Gasteiger charge is -2.05. The number of benzene rings is 2. The smallest absolute Gasteiger partial charge is 0.344 e. The fourth-order valence-electron chi connectivity index (χ4n) is 2.44. The van der Waals surface area contributed by atoms with Crippen LogP contribution in [0, 0.1) is 0 Å². The van der Waals surface area contributed by atoms with Crippen LogP contribution in [-0.2, 0) is 6.42 Å². The van der Waals surface area contributed by atoms with Crippen molar-refractivity contribution in [1.82, 2.24) is 0 Å². The maximum atomic E-state index is 12.2. The molecule has 0 fully saturated rings. The minimum atomic E-state index is -0.405. The molecule has 1 aromatic heterocycles. The fraction of sp³-hybridized carbons (Fsp3) is 0.167. The summed E-state index contributed by atoms with van der Waals surface area (Å²) in [6, 6.07) is 14.0. The van der Waals surface area contributed by atoms with Crippen molar-refractivity contribution in [3.05, 3.63) is 64.5 Å². The molecule has 22 heavy (non-hydrogen) atoms. The Balaban J connectivity index is 2.05. The average Bonchev–Trinajstić information content (AvgIpc) is 2.53. The Morgan fingerprint density at radius 3 is 2.50 bits per heavy atom. The predicted molar refractivity (Wildman–Crippen MR) is 85.0 cm³/mol. The average molecular weight is 296 g/mol. The zero-order valence-corrected chi connectivity index (χ0v) is 12.0. The van der Waals surface area contributed by atoms with Crippen LogP contribution in [0.5, 0.6) is 5.75 Å². The first-order chi connectivity index (χ1) is 10.7. The second-order valence-corrected chi connectivity index (χ2v) is 5.19. The van der Waals surface area contributed by atoms with E-state index in [2.05, 4.69) is 0 Å². The summed E-state index contributed by atoms with van der Waals surface area (Å²) in [5.41, 5.74) is 2.34. The number of phenolic OH excluding ortho intramolecular Hbond substituents is 1. The van der Waals surface area contributed by atoms with E-state index in [1.807, 2.05) is 18.2 Å². The summed E-state index contributed by atoms with van der Waals surface area (Å²) in [6.45, 7) is 0.141. The second-order valence-electron chi connectivity index (χ2n) is 5.19. The first-order valence-electron chi connectivity index (χ1n) is 7.14. The standard InChI is InChI=1S/C18H16O4/c19-9-1-2-12-3-4-14-11-16(18(21)22-17(14)10-12)13-5-7-15(20)8-6-13/h3-8,10-11,19-20H,1-2,9H2. The van der Waals surface area contributed by atoms with E-state index in [9.17, 15) is 9.90 Å². The molecule has 0 radical (unpaired) electrons. The predicted octanol–water partition coefficient (Wildman–Crippen LogP) is 3.09. The number of fused-ring (bicyclic) bond motifs is 1. The number of phenols is 1. The molecule has 3 rings (SSSR count). The van der Waals surface area contributed by atoms with Gasteiger partial charge in [-0.15, -0.1) is 0 Å². The molecule has 0 saturated heterocycles. The molecule has 0 bridgehead atoms. The van der Waals surface area contributed by atoms with Crippen molar-refractivity contribution in [1.29, 1.82) is 0 Å². The van der Waals surface area contributed by atoms with E-state index in [-0.39, 0.29) is 12.4 Å². The topological polar surface area (TPSA) is 70.7 Å². The van der Waals surface area contributed by atoms with E-state index < -0.39 is 5.63 Å². The Hall–Kier alpha value is -2.59. The van der Waals surface area contributed by atoms with E-state index in [4.69, 9.17) is 9.52 Å². The highest BCUT2D eigenvalue weighted by molar-refractivity contribution is 5.82. The van der Waals surface area contributed by atoms with Crippen molar-refractivity contribution >= 4 is 11.0 Å². The van der Waals surface area contributed by atoms with Gasteiger partial charge in [-0.3, -0.25) is 0 Å². The molecule has 0 amide bonds. The summed E-state index contributed by atoms with van der Waals surface area (Å²) in [6.07, 6.45) is 1.43. The molecular weight excluding hydrogens is 280 g/mol. The monoisotopic (exact) mass is 296 g/mol. The molecule has 0 spiro atoms. The first-order valence-corrected chi connectivity index (χ1v) is 7.14. The van der Waals surface area contributed by atoms with Crippen LogP contribution in [0.1, 0.15) is 12.0 Å². The van der Waals surface area contributed by atoms with Gasteiger partial charge >= 0.3 is 5.63 Å². The Kier molecular flexibility index (Phi) is 3.94. The van der Waals surface area contributed by atoms with Gasteiger partial charge in [-0.2, -0.15) is 0 Å². The third kappa shape index (κ3) is 2.87. The molecule has 1 heterocycles. The lowest BCUT2D eigenvalue weighted by molar-refractivity contribution is 0.288. The van der Waals surface area contributed by atoms with Crippen molar-refractivity contribution in [2.45, 2.75) is 12.8 Å². The van der Waals surface area contributed by atoms with Crippen LogP contribution >= 0.6 is 0 Å². The number of aromatic hydroxyl groups is 1. The minimum absolute atomic E-state index is 0.141. The normalized spacial score (nSPS) is 11.0. The van der Waals surface area contributed by atoms with Crippen LogP contribution in [0.2, 0.25) is 0 Å². The maximum Gasteiger partial charge on any atom is 0.344 e. The molecule has 2 aromatic carbocycles. The van der Waals surface area contributed by atoms with Crippen LogP contribution in [0.25, 0.3) is 22.1 Å². The molecule has 0 aliphatic carbocycles. The third-order valence-electron chi connectivity index (χ3n) is 3.60. The van der Waals surface area contributed by atoms with Gasteiger partial charge in [0.05, 0.1) is 5.56 Å². The number of rotatable bonds is 4. The molecule has 0 aliphatic rings. The molecule has 4 heteroatoms. The highest BCUT2D eigenvalue weighted by atomic mass is 16.4. The zero-order valence-electron chi connectivity index (χ0n) is 12.0. The van der Waals surface area contributed by atoms with Gasteiger partial charge in [0.1, 0.15) is 11.3 Å². The fourth-order valence-corrected chi connectivity index (χ4v) is 2.44. The van der Waals surface area contributed by atoms with Crippen molar-refractivity contribution < 1.29 is 14.6 Å². The second kappa shape index (κ2) is 6.03. The summed E-state index contributed by atoms with van der Waals surface area (Å²) < 4.78 is 5.42. The summed E-state index contributed by atoms with van der Waals surface area (Å²) in [5.74, 6) is 0.155. The molecular formula is C18H16O4. The van der Waals surface area contributed by atoms with Crippen molar-refractivity contribution in [2.24, 2.45) is 0 Å². The highest BCUT2D eigenvalue weighted by Crippen LogP contribution is 2.23. The minimum Gasteiger partial charge on any atom is -0.508 e. The summed E-state index contributed by atoms with van der Waals surface area (Å²) in [7, 11) is 0. The van der Waals surface area contributed by atoms with E-state index in [0.717, 1.165) is 17.4 Å². The van der Waals surface area contributed by atoms with Crippen LogP contribution < -0.4 is 5.63 Å². The summed E-state index contributed by atoms with van der Waals surface area (Å²) in [5, 5.41) is 19.0. The quantitative estimate of drug-likeness (QED) is 0.726. The van der Waals surface area contributed by atoms with Crippen LogP contribution in [-0.4, -0.2) is 16.8 Å². The Morgan fingerprint density at radius 2 is 1.77 bits per heavy atom. The van der Waals surface area contributed by atoms with Gasteiger partial charge in [0, 0.05) is 12.0 Å². The van der Waals surface area contributed by atoms with Gasteiger partial charge in [0.2, 0.25) is 0 Å². The van der Waals surface area contributed by atoms with E-state index in [0.29, 0.717) is 23.1 Å². The SMILES string of the molecule is O=c1oc2cc(CCCO)ccc2cc1-c1ccc(O)cc1. The van der Waals surface area contributed by atoms with Crippen LogP contribution in [0.15, 0.2) is 57.7 Å². The molecule has 3 aromatic rings. The number of aliphatic hydroxyl groups excluding tert-OH is 1. The summed E-state index contributed by atoms with van der Waals surface area (Å²) in [4.78, 5) is 12.2. The van der Waals surface area contributed by atoms with Crippen molar-refractivity contribution in [2.75, 3.05) is 6.61 Å². The first kappa shape index (κ1) is 14.4. The maximum absolute atomic E-state index is 12.2. The van der Waals surface area contributed by atoms with Crippen molar-refractivity contribution in [3.63, 3.8) is 0 Å². The Bertz CT molecular complexity index is 847. The van der Waals surface area contributed by atoms with Crippen molar-refractivity contribution in [3.8, 4) is 16.9 Å². The van der Waals surface area contributed by atoms with Gasteiger partial charge in [0.15, 0.2) is 0 Å². The Labute approximate surface area is 127 Å². The van der Waals surface area contributed by atoms with E-state index in [1.54, 1.807) is 18.2 Å². The van der Waals surface area contributed by atoms with Crippen LogP contribution in [0.4, 0.5) is 0 Å². The Morgan fingerprint density at radius 1 is 1.00 bits per heavy atom. The largest absolute Gasteiger partial charge is 0.508 e. The molecule has 0 saturated carbocycles. The number of aliphatic hydroxyl groups is 1. The lowest BCUT2D eigenvalue weighted by Crippen LogP contribution is -2.02. The number of hydrogen-bond donors (Lipinski definition) is 2. The van der Waals surface area contributed by atoms with E-state index >= 15 is 0 Å². The zero-order chi connectivity index (χ0) is 15.5. The van der Waals surface area contributed by atoms with Gasteiger partial charge in [-0.05, 0) is 48.2 Å².